The molecule has 1 aliphatic rings. The monoisotopic (exact) mass is 244 g/mol. The van der Waals surface area contributed by atoms with Crippen molar-refractivity contribution < 1.29 is 13.9 Å². The molecule has 1 aromatic heterocycles. The predicted molar refractivity (Wildman–Crippen MR) is 58.2 cm³/mol. The van der Waals surface area contributed by atoms with Crippen LogP contribution in [-0.2, 0) is 6.61 Å². The average molecular weight is 244 g/mol. The lowest BCUT2D eigenvalue weighted by Crippen LogP contribution is -2.43. The lowest BCUT2D eigenvalue weighted by molar-refractivity contribution is -0.0480. The molecule has 2 heterocycles. The molecule has 1 atom stereocenters. The van der Waals surface area contributed by atoms with E-state index in [4.69, 9.17) is 5.11 Å². The van der Waals surface area contributed by atoms with Crippen molar-refractivity contribution >= 4 is 0 Å². The smallest absolute Gasteiger partial charge is 0.257 e. The van der Waals surface area contributed by atoms with Gasteiger partial charge in [0.1, 0.15) is 0 Å². The van der Waals surface area contributed by atoms with Gasteiger partial charge in [0.25, 0.3) is 11.5 Å². The zero-order valence-corrected chi connectivity index (χ0v) is 9.17. The number of rotatable bonds is 2. The molecule has 1 unspecified atom stereocenters. The molecule has 2 rings (SSSR count). The summed E-state index contributed by atoms with van der Waals surface area (Å²) >= 11 is 0. The highest BCUT2D eigenvalue weighted by atomic mass is 19.3. The Balaban J connectivity index is 2.36. The van der Waals surface area contributed by atoms with E-state index in [1.807, 2.05) is 0 Å². The summed E-state index contributed by atoms with van der Waals surface area (Å²) < 4.78 is 27.4. The third-order valence-corrected chi connectivity index (χ3v) is 3.07. The summed E-state index contributed by atoms with van der Waals surface area (Å²) in [5.41, 5.74) is 0.0260. The van der Waals surface area contributed by atoms with E-state index in [9.17, 15) is 13.6 Å². The van der Waals surface area contributed by atoms with Crippen LogP contribution >= 0.6 is 0 Å². The Bertz CT molecular complexity index is 459. The molecule has 0 aromatic carbocycles. The van der Waals surface area contributed by atoms with Gasteiger partial charge in [-0.1, -0.05) is 0 Å². The minimum atomic E-state index is -2.78. The van der Waals surface area contributed by atoms with Gasteiger partial charge in [0.05, 0.1) is 12.5 Å². The topological polar surface area (TPSA) is 65.1 Å². The molecule has 0 amide bonds. The van der Waals surface area contributed by atoms with Crippen molar-refractivity contribution in [2.45, 2.75) is 24.9 Å². The number of aromatic amines is 1. The molecular formula is C11H14F2N2O2. The molecule has 0 bridgehead atoms. The number of aliphatic hydroxyl groups excluding tert-OH is 1. The SMILES string of the molecule is O=c1[nH]cc(C2CNCCC2(F)F)cc1CO. The van der Waals surface area contributed by atoms with Crippen LogP contribution in [0, 0.1) is 0 Å². The Morgan fingerprint density at radius 2 is 2.29 bits per heavy atom. The number of nitrogens with one attached hydrogen (secondary N) is 2. The normalized spacial score (nSPS) is 23.6. The summed E-state index contributed by atoms with van der Waals surface area (Å²) in [5.74, 6) is -3.74. The molecule has 0 radical (unpaired) electrons. The number of pyridine rings is 1. The molecule has 1 saturated heterocycles. The summed E-state index contributed by atoms with van der Waals surface area (Å²) in [6.45, 7) is 0.0124. The lowest BCUT2D eigenvalue weighted by atomic mass is 9.88. The lowest BCUT2D eigenvalue weighted by Gasteiger charge is -2.32. The third-order valence-electron chi connectivity index (χ3n) is 3.07. The summed E-state index contributed by atoms with van der Waals surface area (Å²) in [4.78, 5) is 13.6. The molecule has 0 spiro atoms. The average Bonchev–Trinajstić information content (AvgIpc) is 2.30. The highest BCUT2D eigenvalue weighted by Crippen LogP contribution is 2.37. The van der Waals surface area contributed by atoms with E-state index < -0.39 is 24.0 Å². The number of halogens is 2. The quantitative estimate of drug-likeness (QED) is 0.713. The number of piperidine rings is 1. The first-order valence-corrected chi connectivity index (χ1v) is 5.45. The molecule has 1 fully saturated rings. The van der Waals surface area contributed by atoms with E-state index in [-0.39, 0.29) is 18.5 Å². The first-order valence-electron chi connectivity index (χ1n) is 5.45. The van der Waals surface area contributed by atoms with E-state index >= 15 is 0 Å². The second-order valence-corrected chi connectivity index (χ2v) is 4.21. The van der Waals surface area contributed by atoms with Crippen LogP contribution in [0.25, 0.3) is 0 Å². The van der Waals surface area contributed by atoms with Crippen LogP contribution in [0.15, 0.2) is 17.1 Å². The minimum Gasteiger partial charge on any atom is -0.391 e. The second-order valence-electron chi connectivity index (χ2n) is 4.21. The van der Waals surface area contributed by atoms with Gasteiger partial charge in [-0.2, -0.15) is 0 Å². The molecule has 1 aromatic rings. The highest BCUT2D eigenvalue weighted by Gasteiger charge is 2.42. The third kappa shape index (κ3) is 2.37. The van der Waals surface area contributed by atoms with Crippen LogP contribution in [0.3, 0.4) is 0 Å². The molecule has 1 aliphatic heterocycles. The fraction of sp³-hybridized carbons (Fsp3) is 0.545. The van der Waals surface area contributed by atoms with Crippen molar-refractivity contribution in [3.05, 3.63) is 33.7 Å². The summed E-state index contributed by atoms with van der Waals surface area (Å²) in [7, 11) is 0. The summed E-state index contributed by atoms with van der Waals surface area (Å²) in [6.07, 6.45) is 1.08. The minimum absolute atomic E-state index is 0.115. The maximum absolute atomic E-state index is 13.7. The van der Waals surface area contributed by atoms with Crippen LogP contribution in [0.1, 0.15) is 23.5 Å². The van der Waals surface area contributed by atoms with E-state index in [0.29, 0.717) is 12.1 Å². The first kappa shape index (κ1) is 12.2. The largest absolute Gasteiger partial charge is 0.391 e. The number of aromatic nitrogens is 1. The number of hydrogen-bond acceptors (Lipinski definition) is 3. The van der Waals surface area contributed by atoms with E-state index in [2.05, 4.69) is 10.3 Å². The van der Waals surface area contributed by atoms with Crippen molar-refractivity contribution in [1.82, 2.24) is 10.3 Å². The zero-order chi connectivity index (χ0) is 12.5. The molecule has 4 nitrogen and oxygen atoms in total. The molecular weight excluding hydrogens is 230 g/mol. The van der Waals surface area contributed by atoms with Crippen LogP contribution in [0.2, 0.25) is 0 Å². The van der Waals surface area contributed by atoms with Gasteiger partial charge < -0.3 is 15.4 Å². The van der Waals surface area contributed by atoms with Crippen LogP contribution < -0.4 is 10.9 Å². The fourth-order valence-corrected chi connectivity index (χ4v) is 2.06. The van der Waals surface area contributed by atoms with Gasteiger partial charge in [-0.15, -0.1) is 0 Å². The highest BCUT2D eigenvalue weighted by molar-refractivity contribution is 5.24. The fourth-order valence-electron chi connectivity index (χ4n) is 2.06. The van der Waals surface area contributed by atoms with E-state index in [0.717, 1.165) is 0 Å². The molecule has 0 aliphatic carbocycles. The van der Waals surface area contributed by atoms with E-state index in [1.165, 1.54) is 12.3 Å². The van der Waals surface area contributed by atoms with E-state index in [1.54, 1.807) is 0 Å². The second kappa shape index (κ2) is 4.54. The molecule has 6 heteroatoms. The molecule has 0 saturated carbocycles. The van der Waals surface area contributed by atoms with Crippen LogP contribution in [0.4, 0.5) is 8.78 Å². The molecule has 17 heavy (non-hydrogen) atoms. The summed E-state index contributed by atoms with van der Waals surface area (Å²) in [5, 5.41) is 11.9. The van der Waals surface area contributed by atoms with Crippen molar-refractivity contribution in [3.63, 3.8) is 0 Å². The van der Waals surface area contributed by atoms with Gasteiger partial charge >= 0.3 is 0 Å². The first-order chi connectivity index (χ1) is 8.04. The van der Waals surface area contributed by atoms with Crippen LogP contribution in [-0.4, -0.2) is 29.1 Å². The number of aliphatic hydroxyl groups is 1. The van der Waals surface area contributed by atoms with Crippen molar-refractivity contribution in [1.29, 1.82) is 0 Å². The van der Waals surface area contributed by atoms with Crippen molar-refractivity contribution in [2.75, 3.05) is 13.1 Å². The number of H-pyrrole nitrogens is 1. The van der Waals surface area contributed by atoms with Gasteiger partial charge in [-0.3, -0.25) is 4.79 Å². The Kier molecular flexibility index (Phi) is 3.26. The maximum Gasteiger partial charge on any atom is 0.257 e. The predicted octanol–water partition coefficient (Wildman–Crippen LogP) is 0.579. The van der Waals surface area contributed by atoms with Crippen molar-refractivity contribution in [3.8, 4) is 0 Å². The molecule has 94 valence electrons. The number of alkyl halides is 2. The summed E-state index contributed by atoms with van der Waals surface area (Å²) in [6, 6.07) is 1.35. The Hall–Kier alpha value is -1.27. The Morgan fingerprint density at radius 3 is 2.94 bits per heavy atom. The van der Waals surface area contributed by atoms with Crippen LogP contribution in [0.5, 0.6) is 0 Å². The maximum atomic E-state index is 13.7. The van der Waals surface area contributed by atoms with Gasteiger partial charge in [0, 0.05) is 31.3 Å². The van der Waals surface area contributed by atoms with Gasteiger partial charge in [-0.25, -0.2) is 8.78 Å². The van der Waals surface area contributed by atoms with Gasteiger partial charge in [-0.05, 0) is 11.6 Å². The number of hydrogen-bond donors (Lipinski definition) is 3. The van der Waals surface area contributed by atoms with Gasteiger partial charge in [0.2, 0.25) is 0 Å². The van der Waals surface area contributed by atoms with Gasteiger partial charge in [0.15, 0.2) is 0 Å². The molecule has 3 N–H and O–H groups in total. The standard InChI is InChI=1S/C11H14F2N2O2/c12-11(13)1-2-14-5-9(11)7-3-8(6-16)10(17)15-4-7/h3-4,9,14,16H,1-2,5-6H2,(H,15,17). The Morgan fingerprint density at radius 1 is 1.53 bits per heavy atom. The Labute approximate surface area is 96.7 Å². The van der Waals surface area contributed by atoms with Crippen molar-refractivity contribution in [2.24, 2.45) is 0 Å². The zero-order valence-electron chi connectivity index (χ0n) is 9.17.